The van der Waals surface area contributed by atoms with Crippen LogP contribution in [0, 0.1) is 5.92 Å². The molecule has 1 aromatic heterocycles. The van der Waals surface area contributed by atoms with Crippen LogP contribution in [0.4, 0.5) is 17.2 Å². The minimum atomic E-state index is -1.05. The Morgan fingerprint density at radius 1 is 1.11 bits per heavy atom. The number of carboxylic acids is 1. The lowest BCUT2D eigenvalue weighted by atomic mass is 10.1. The van der Waals surface area contributed by atoms with E-state index in [9.17, 15) is 14.7 Å². The second-order valence-corrected chi connectivity index (χ2v) is 7.34. The first kappa shape index (κ1) is 19.7. The molecule has 0 atom stereocenters. The molecular weight excluding hydrogens is 356 g/mol. The summed E-state index contributed by atoms with van der Waals surface area (Å²) < 4.78 is 0. The van der Waals surface area contributed by atoms with Crippen molar-refractivity contribution >= 4 is 29.1 Å². The fraction of sp³-hybridized carbons (Fsp3) is 0.381. The van der Waals surface area contributed by atoms with Crippen molar-refractivity contribution in [1.82, 2.24) is 4.98 Å². The Labute approximate surface area is 165 Å². The first-order chi connectivity index (χ1) is 13.4. The number of piperazine rings is 1. The van der Waals surface area contributed by atoms with E-state index in [1.807, 2.05) is 38.1 Å². The molecule has 2 N–H and O–H groups in total. The van der Waals surface area contributed by atoms with Crippen LogP contribution >= 0.6 is 0 Å². The SMILES string of the molecule is CC(C)CC(=O)Nc1ccc(N2CCN(c3ccccn3)CC2)cc1C(=O)O. The van der Waals surface area contributed by atoms with E-state index in [0.29, 0.717) is 12.1 Å². The Balaban J connectivity index is 1.70. The average Bonchev–Trinajstić information content (AvgIpc) is 2.68. The lowest BCUT2D eigenvalue weighted by Gasteiger charge is -2.36. The number of rotatable bonds is 6. The molecule has 1 saturated heterocycles. The number of carbonyl (C=O) groups is 2. The van der Waals surface area contributed by atoms with Crippen molar-refractivity contribution in [3.63, 3.8) is 0 Å². The molecule has 3 rings (SSSR count). The first-order valence-corrected chi connectivity index (χ1v) is 9.52. The third-order valence-corrected chi connectivity index (χ3v) is 4.72. The van der Waals surface area contributed by atoms with E-state index in [0.717, 1.165) is 37.7 Å². The molecule has 0 aliphatic carbocycles. The third kappa shape index (κ3) is 4.79. The van der Waals surface area contributed by atoms with Crippen molar-refractivity contribution in [1.29, 1.82) is 0 Å². The minimum Gasteiger partial charge on any atom is -0.478 e. The smallest absolute Gasteiger partial charge is 0.337 e. The number of amides is 1. The molecule has 2 aromatic rings. The molecule has 7 nitrogen and oxygen atoms in total. The lowest BCUT2D eigenvalue weighted by molar-refractivity contribution is -0.116. The molecule has 7 heteroatoms. The molecular formula is C21H26N4O3. The summed E-state index contributed by atoms with van der Waals surface area (Å²) in [4.78, 5) is 32.5. The van der Waals surface area contributed by atoms with Gasteiger partial charge in [-0.3, -0.25) is 4.79 Å². The van der Waals surface area contributed by atoms with Crippen molar-refractivity contribution in [2.24, 2.45) is 5.92 Å². The van der Waals surface area contributed by atoms with Gasteiger partial charge in [0.25, 0.3) is 0 Å². The monoisotopic (exact) mass is 382 g/mol. The van der Waals surface area contributed by atoms with Gasteiger partial charge in [-0.2, -0.15) is 0 Å². The van der Waals surface area contributed by atoms with Gasteiger partial charge >= 0.3 is 5.97 Å². The predicted molar refractivity (Wildman–Crippen MR) is 110 cm³/mol. The highest BCUT2D eigenvalue weighted by Crippen LogP contribution is 2.25. The summed E-state index contributed by atoms with van der Waals surface area (Å²) >= 11 is 0. The number of anilines is 3. The summed E-state index contributed by atoms with van der Waals surface area (Å²) in [5.41, 5.74) is 1.30. The van der Waals surface area contributed by atoms with Gasteiger partial charge < -0.3 is 20.2 Å². The molecule has 2 heterocycles. The molecule has 0 radical (unpaired) electrons. The van der Waals surface area contributed by atoms with E-state index >= 15 is 0 Å². The molecule has 1 aromatic carbocycles. The van der Waals surface area contributed by atoms with Crippen LogP contribution in [0.25, 0.3) is 0 Å². The van der Waals surface area contributed by atoms with Crippen LogP contribution in [-0.2, 0) is 4.79 Å². The maximum absolute atomic E-state index is 12.0. The van der Waals surface area contributed by atoms with Crippen molar-refractivity contribution in [2.45, 2.75) is 20.3 Å². The standard InChI is InChI=1S/C21H26N4O3/c1-15(2)13-20(26)23-18-7-6-16(14-17(18)21(27)28)24-9-11-25(12-10-24)19-5-3-4-8-22-19/h3-8,14-15H,9-13H2,1-2H3,(H,23,26)(H,27,28). The molecule has 1 fully saturated rings. The van der Waals surface area contributed by atoms with Crippen molar-refractivity contribution < 1.29 is 14.7 Å². The Hall–Kier alpha value is -3.09. The van der Waals surface area contributed by atoms with Gasteiger partial charge in [0.1, 0.15) is 5.82 Å². The maximum Gasteiger partial charge on any atom is 0.337 e. The van der Waals surface area contributed by atoms with E-state index in [4.69, 9.17) is 0 Å². The van der Waals surface area contributed by atoms with Gasteiger partial charge in [0.15, 0.2) is 0 Å². The highest BCUT2D eigenvalue weighted by atomic mass is 16.4. The molecule has 28 heavy (non-hydrogen) atoms. The quantitative estimate of drug-likeness (QED) is 0.799. The summed E-state index contributed by atoms with van der Waals surface area (Å²) in [5.74, 6) is -0.0532. The van der Waals surface area contributed by atoms with Gasteiger partial charge in [0.05, 0.1) is 11.3 Å². The number of aromatic carboxylic acids is 1. The second kappa shape index (κ2) is 8.73. The van der Waals surface area contributed by atoms with Gasteiger partial charge in [-0.15, -0.1) is 0 Å². The fourth-order valence-corrected chi connectivity index (χ4v) is 3.32. The van der Waals surface area contributed by atoms with E-state index in [2.05, 4.69) is 20.1 Å². The summed E-state index contributed by atoms with van der Waals surface area (Å²) in [7, 11) is 0. The molecule has 0 unspecified atom stereocenters. The topological polar surface area (TPSA) is 85.8 Å². The summed E-state index contributed by atoms with van der Waals surface area (Å²) in [6, 6.07) is 11.1. The third-order valence-electron chi connectivity index (χ3n) is 4.72. The number of aromatic nitrogens is 1. The van der Waals surface area contributed by atoms with Gasteiger partial charge in [-0.05, 0) is 36.2 Å². The molecule has 0 bridgehead atoms. The Morgan fingerprint density at radius 2 is 1.82 bits per heavy atom. The minimum absolute atomic E-state index is 0.113. The van der Waals surface area contributed by atoms with Crippen LogP contribution in [0.1, 0.15) is 30.6 Å². The maximum atomic E-state index is 12.0. The highest BCUT2D eigenvalue weighted by Gasteiger charge is 2.21. The van der Waals surface area contributed by atoms with Gasteiger partial charge in [-0.25, -0.2) is 9.78 Å². The van der Waals surface area contributed by atoms with E-state index in [1.54, 1.807) is 18.3 Å². The van der Waals surface area contributed by atoms with E-state index < -0.39 is 5.97 Å². The predicted octanol–water partition coefficient (Wildman–Crippen LogP) is 3.09. The van der Waals surface area contributed by atoms with Crippen molar-refractivity contribution in [3.8, 4) is 0 Å². The number of benzene rings is 1. The van der Waals surface area contributed by atoms with Crippen LogP contribution in [0.5, 0.6) is 0 Å². The summed E-state index contributed by atoms with van der Waals surface area (Å²) in [6.07, 6.45) is 2.14. The first-order valence-electron chi connectivity index (χ1n) is 9.52. The zero-order valence-electron chi connectivity index (χ0n) is 16.3. The Kier molecular flexibility index (Phi) is 6.13. The molecule has 1 aliphatic rings. The molecule has 1 amide bonds. The normalized spacial score (nSPS) is 14.2. The van der Waals surface area contributed by atoms with Crippen molar-refractivity contribution in [2.75, 3.05) is 41.3 Å². The lowest BCUT2D eigenvalue weighted by Crippen LogP contribution is -2.46. The Morgan fingerprint density at radius 3 is 2.43 bits per heavy atom. The van der Waals surface area contributed by atoms with Crippen LogP contribution in [-0.4, -0.2) is 48.1 Å². The van der Waals surface area contributed by atoms with Gasteiger partial charge in [0.2, 0.25) is 5.91 Å². The fourth-order valence-electron chi connectivity index (χ4n) is 3.32. The van der Waals surface area contributed by atoms with Crippen LogP contribution in [0.3, 0.4) is 0 Å². The number of pyridine rings is 1. The highest BCUT2D eigenvalue weighted by molar-refractivity contribution is 6.01. The second-order valence-electron chi connectivity index (χ2n) is 7.34. The zero-order valence-corrected chi connectivity index (χ0v) is 16.3. The van der Waals surface area contributed by atoms with Crippen LogP contribution in [0.2, 0.25) is 0 Å². The number of carbonyl (C=O) groups excluding carboxylic acids is 1. The van der Waals surface area contributed by atoms with Gasteiger partial charge in [0, 0.05) is 44.5 Å². The number of carboxylic acid groups (broad SMARTS) is 1. The van der Waals surface area contributed by atoms with Crippen molar-refractivity contribution in [3.05, 3.63) is 48.2 Å². The van der Waals surface area contributed by atoms with E-state index in [-0.39, 0.29) is 17.4 Å². The number of nitrogens with one attached hydrogen (secondary N) is 1. The molecule has 0 spiro atoms. The van der Waals surface area contributed by atoms with Crippen LogP contribution in [0.15, 0.2) is 42.6 Å². The molecule has 0 saturated carbocycles. The zero-order chi connectivity index (χ0) is 20.1. The number of hydrogen-bond donors (Lipinski definition) is 2. The molecule has 148 valence electrons. The number of nitrogens with zero attached hydrogens (tertiary/aromatic N) is 3. The van der Waals surface area contributed by atoms with Crippen LogP contribution < -0.4 is 15.1 Å². The average molecular weight is 382 g/mol. The van der Waals surface area contributed by atoms with E-state index in [1.165, 1.54) is 0 Å². The van der Waals surface area contributed by atoms with Gasteiger partial charge in [-0.1, -0.05) is 19.9 Å². The largest absolute Gasteiger partial charge is 0.478 e. The summed E-state index contributed by atoms with van der Waals surface area (Å²) in [6.45, 7) is 7.07. The molecule has 1 aliphatic heterocycles. The number of hydrogen-bond acceptors (Lipinski definition) is 5. The summed E-state index contributed by atoms with van der Waals surface area (Å²) in [5, 5.41) is 12.3. The Bertz CT molecular complexity index is 831.